The maximum absolute atomic E-state index is 12.9. The lowest BCUT2D eigenvalue weighted by Crippen LogP contribution is -2.57. The highest BCUT2D eigenvalue weighted by atomic mass is 16.5. The molecule has 0 spiro atoms. The minimum Gasteiger partial charge on any atom is -0.374 e. The van der Waals surface area contributed by atoms with E-state index >= 15 is 0 Å². The van der Waals surface area contributed by atoms with Gasteiger partial charge in [-0.05, 0) is 55.8 Å². The Balaban J connectivity index is 1.41. The fourth-order valence-corrected chi connectivity index (χ4v) is 6.13. The van der Waals surface area contributed by atoms with Gasteiger partial charge in [-0.25, -0.2) is 0 Å². The normalized spacial score (nSPS) is 48.3. The summed E-state index contributed by atoms with van der Waals surface area (Å²) in [7, 11) is 0. The van der Waals surface area contributed by atoms with Crippen LogP contribution in [-0.4, -0.2) is 38.3 Å². The van der Waals surface area contributed by atoms with Gasteiger partial charge in [0.15, 0.2) is 0 Å². The van der Waals surface area contributed by atoms with E-state index in [4.69, 9.17) is 4.74 Å². The van der Waals surface area contributed by atoms with Gasteiger partial charge in [0.05, 0.1) is 18.1 Å². The summed E-state index contributed by atoms with van der Waals surface area (Å²) >= 11 is 0. The lowest BCUT2D eigenvalue weighted by atomic mass is 9.44. The van der Waals surface area contributed by atoms with Crippen molar-refractivity contribution in [2.45, 2.75) is 51.6 Å². The van der Waals surface area contributed by atoms with E-state index in [-0.39, 0.29) is 11.5 Å². The Labute approximate surface area is 127 Å². The molecule has 1 saturated heterocycles. The summed E-state index contributed by atoms with van der Waals surface area (Å²) in [6.45, 7) is 5.63. The van der Waals surface area contributed by atoms with Crippen molar-refractivity contribution in [3.8, 4) is 0 Å². The number of amides is 1. The molecule has 3 unspecified atom stereocenters. The Morgan fingerprint density at radius 1 is 1.29 bits per heavy atom. The van der Waals surface area contributed by atoms with Crippen molar-refractivity contribution in [2.24, 2.45) is 22.7 Å². The fourth-order valence-electron chi connectivity index (χ4n) is 6.13. The van der Waals surface area contributed by atoms with Crippen LogP contribution >= 0.6 is 0 Å². The summed E-state index contributed by atoms with van der Waals surface area (Å²) in [5.41, 5.74) is 0.380. The molecule has 4 bridgehead atoms. The molecule has 4 aliphatic carbocycles. The molecule has 118 valence electrons. The number of nitrogens with one attached hydrogen (secondary N) is 2. The minimum absolute atomic E-state index is 0.0546. The highest BCUT2D eigenvalue weighted by Gasteiger charge is 2.58. The van der Waals surface area contributed by atoms with Crippen LogP contribution in [0.5, 0.6) is 0 Å². The summed E-state index contributed by atoms with van der Waals surface area (Å²) in [5, 5.41) is 6.55. The quantitative estimate of drug-likeness (QED) is 0.832. The Morgan fingerprint density at radius 3 is 2.67 bits per heavy atom. The molecular weight excluding hydrogens is 264 g/mol. The number of carbonyl (C=O) groups excluding carboxylic acids is 1. The summed E-state index contributed by atoms with van der Waals surface area (Å²) in [6.07, 6.45) is 7.61. The molecule has 4 nitrogen and oxygen atoms in total. The van der Waals surface area contributed by atoms with Crippen molar-refractivity contribution < 1.29 is 9.53 Å². The average Bonchev–Trinajstić information content (AvgIpc) is 2.43. The minimum atomic E-state index is -0.0546. The number of hydrogen-bond acceptors (Lipinski definition) is 3. The van der Waals surface area contributed by atoms with Gasteiger partial charge in [-0.3, -0.25) is 4.79 Å². The van der Waals surface area contributed by atoms with Gasteiger partial charge in [-0.2, -0.15) is 0 Å². The highest BCUT2D eigenvalue weighted by Crippen LogP contribution is 2.65. The lowest BCUT2D eigenvalue weighted by molar-refractivity contribution is -0.155. The zero-order valence-electron chi connectivity index (χ0n) is 13.1. The predicted molar refractivity (Wildman–Crippen MR) is 80.8 cm³/mol. The van der Waals surface area contributed by atoms with Crippen molar-refractivity contribution in [3.63, 3.8) is 0 Å². The first-order valence-electron chi connectivity index (χ1n) is 8.68. The number of hydrogen-bond donors (Lipinski definition) is 2. The monoisotopic (exact) mass is 292 g/mol. The van der Waals surface area contributed by atoms with Gasteiger partial charge in [-0.1, -0.05) is 6.92 Å². The van der Waals surface area contributed by atoms with Gasteiger partial charge in [0.2, 0.25) is 5.91 Å². The molecule has 2 N–H and O–H groups in total. The molecule has 1 heterocycles. The molecule has 1 aliphatic heterocycles. The summed E-state index contributed by atoms with van der Waals surface area (Å²) in [6, 6.07) is 0. The van der Waals surface area contributed by atoms with Crippen LogP contribution in [0.15, 0.2) is 0 Å². The van der Waals surface area contributed by atoms with Crippen molar-refractivity contribution in [3.05, 3.63) is 0 Å². The van der Waals surface area contributed by atoms with Crippen LogP contribution in [0.3, 0.4) is 0 Å². The van der Waals surface area contributed by atoms with Crippen LogP contribution in [-0.2, 0) is 9.53 Å². The predicted octanol–water partition coefficient (Wildman–Crippen LogP) is 1.70. The van der Waals surface area contributed by atoms with Gasteiger partial charge < -0.3 is 15.4 Å². The summed E-state index contributed by atoms with van der Waals surface area (Å²) in [4.78, 5) is 12.9. The Bertz CT molecular complexity index is 417. The SMILES string of the molecule is CC12CC3CC(C1)CC(C(=O)NCC1CNCCO1)(C3)C2. The second kappa shape index (κ2) is 4.95. The van der Waals surface area contributed by atoms with Crippen LogP contribution in [0.4, 0.5) is 0 Å². The molecule has 0 radical (unpaired) electrons. The molecule has 5 rings (SSSR count). The van der Waals surface area contributed by atoms with E-state index < -0.39 is 0 Å². The lowest BCUT2D eigenvalue weighted by Gasteiger charge is -2.60. The Kier molecular flexibility index (Phi) is 3.30. The van der Waals surface area contributed by atoms with Gasteiger partial charge >= 0.3 is 0 Å². The third-order valence-electron chi connectivity index (χ3n) is 6.33. The summed E-state index contributed by atoms with van der Waals surface area (Å²) < 4.78 is 5.69. The van der Waals surface area contributed by atoms with Crippen LogP contribution in [0, 0.1) is 22.7 Å². The molecule has 5 fully saturated rings. The van der Waals surface area contributed by atoms with Gasteiger partial charge in [-0.15, -0.1) is 0 Å². The van der Waals surface area contributed by atoms with Gasteiger partial charge in [0.25, 0.3) is 0 Å². The third kappa shape index (κ3) is 2.50. The fraction of sp³-hybridized carbons (Fsp3) is 0.941. The molecule has 3 atom stereocenters. The smallest absolute Gasteiger partial charge is 0.226 e. The van der Waals surface area contributed by atoms with Crippen molar-refractivity contribution in [1.29, 1.82) is 0 Å². The van der Waals surface area contributed by atoms with E-state index in [2.05, 4.69) is 17.6 Å². The standard InChI is InChI=1S/C17H28N2O2/c1-16-5-12-4-13(6-16)8-17(7-12,11-16)15(20)19-10-14-9-18-2-3-21-14/h12-14,18H,2-11H2,1H3,(H,19,20). The first-order valence-corrected chi connectivity index (χ1v) is 8.68. The Hall–Kier alpha value is -0.610. The maximum Gasteiger partial charge on any atom is 0.226 e. The van der Waals surface area contributed by atoms with E-state index in [0.717, 1.165) is 50.8 Å². The van der Waals surface area contributed by atoms with Crippen LogP contribution < -0.4 is 10.6 Å². The van der Waals surface area contributed by atoms with Crippen molar-refractivity contribution in [2.75, 3.05) is 26.2 Å². The van der Waals surface area contributed by atoms with Crippen LogP contribution in [0.2, 0.25) is 0 Å². The van der Waals surface area contributed by atoms with E-state index in [9.17, 15) is 4.79 Å². The zero-order valence-corrected chi connectivity index (χ0v) is 13.1. The number of ether oxygens (including phenoxy) is 1. The molecule has 1 amide bonds. The average molecular weight is 292 g/mol. The number of rotatable bonds is 3. The molecule has 4 saturated carbocycles. The van der Waals surface area contributed by atoms with Gasteiger partial charge in [0.1, 0.15) is 0 Å². The first-order chi connectivity index (χ1) is 10.1. The van der Waals surface area contributed by atoms with Crippen molar-refractivity contribution in [1.82, 2.24) is 10.6 Å². The van der Waals surface area contributed by atoms with E-state index in [1.807, 2.05) is 0 Å². The molecule has 0 aromatic rings. The van der Waals surface area contributed by atoms with Crippen molar-refractivity contribution >= 4 is 5.91 Å². The second-order valence-electron chi connectivity index (χ2n) is 8.46. The zero-order chi connectivity index (χ0) is 14.5. The largest absolute Gasteiger partial charge is 0.374 e. The van der Waals surface area contributed by atoms with E-state index in [1.165, 1.54) is 19.3 Å². The molecule has 0 aromatic heterocycles. The second-order valence-corrected chi connectivity index (χ2v) is 8.46. The number of morpholine rings is 1. The first kappa shape index (κ1) is 14.0. The highest BCUT2D eigenvalue weighted by molar-refractivity contribution is 5.83. The van der Waals surface area contributed by atoms with Crippen LogP contribution in [0.25, 0.3) is 0 Å². The molecule has 21 heavy (non-hydrogen) atoms. The van der Waals surface area contributed by atoms with Crippen LogP contribution in [0.1, 0.15) is 45.4 Å². The molecule has 0 aromatic carbocycles. The molecular formula is C17H28N2O2. The molecule has 5 aliphatic rings. The summed E-state index contributed by atoms with van der Waals surface area (Å²) in [5.74, 6) is 1.92. The topological polar surface area (TPSA) is 50.4 Å². The van der Waals surface area contributed by atoms with E-state index in [0.29, 0.717) is 17.9 Å². The molecule has 4 heteroatoms. The third-order valence-corrected chi connectivity index (χ3v) is 6.33. The van der Waals surface area contributed by atoms with E-state index in [1.54, 1.807) is 0 Å². The maximum atomic E-state index is 12.9. The number of carbonyl (C=O) groups is 1. The Morgan fingerprint density at radius 2 is 2.05 bits per heavy atom. The van der Waals surface area contributed by atoms with Gasteiger partial charge in [0, 0.05) is 19.6 Å².